The summed E-state index contributed by atoms with van der Waals surface area (Å²) in [4.78, 5) is 7.74. The van der Waals surface area contributed by atoms with Gasteiger partial charge in [0.2, 0.25) is 5.28 Å². The maximum atomic E-state index is 5.97. The number of rotatable bonds is 4. The number of nitrogens with zero attached hydrogens (tertiary/aromatic N) is 2. The number of hydrogen-bond donors (Lipinski definition) is 1. The van der Waals surface area contributed by atoms with Crippen molar-refractivity contribution < 1.29 is 4.74 Å². The molecule has 2 aromatic rings. The third kappa shape index (κ3) is 3.03. The molecule has 2 rings (SSSR count). The van der Waals surface area contributed by atoms with Crippen LogP contribution in [-0.4, -0.2) is 16.6 Å². The van der Waals surface area contributed by atoms with E-state index in [0.29, 0.717) is 12.3 Å². The van der Waals surface area contributed by atoms with E-state index in [-0.39, 0.29) is 10.4 Å². The van der Waals surface area contributed by atoms with E-state index in [1.165, 1.54) is 6.20 Å². The number of aromatic nitrogens is 2. The Hall–Kier alpha value is -1.52. The van der Waals surface area contributed by atoms with Crippen molar-refractivity contribution in [2.45, 2.75) is 6.92 Å². The molecule has 0 fully saturated rings. The second-order valence-corrected chi connectivity index (χ2v) is 4.09. The zero-order chi connectivity index (χ0) is 13.0. The van der Waals surface area contributed by atoms with Crippen molar-refractivity contribution >= 4 is 34.6 Å². The lowest BCUT2D eigenvalue weighted by Crippen LogP contribution is -1.99. The van der Waals surface area contributed by atoms with Crippen LogP contribution >= 0.6 is 23.2 Å². The Balaban J connectivity index is 2.28. The number of nitrogens with one attached hydrogen (secondary N) is 1. The van der Waals surface area contributed by atoms with Gasteiger partial charge in [-0.3, -0.25) is 0 Å². The van der Waals surface area contributed by atoms with Gasteiger partial charge in [-0.2, -0.15) is 0 Å². The zero-order valence-electron chi connectivity index (χ0n) is 9.65. The molecule has 0 bridgehead atoms. The first kappa shape index (κ1) is 12.9. The summed E-state index contributed by atoms with van der Waals surface area (Å²) in [6.07, 6.45) is 1.53. The highest BCUT2D eigenvalue weighted by Gasteiger charge is 2.07. The van der Waals surface area contributed by atoms with Crippen LogP contribution in [0.5, 0.6) is 5.75 Å². The lowest BCUT2D eigenvalue weighted by molar-refractivity contribution is 0.342. The van der Waals surface area contributed by atoms with Crippen LogP contribution in [0.4, 0.5) is 11.4 Å². The van der Waals surface area contributed by atoms with Crippen LogP contribution in [0.25, 0.3) is 0 Å². The number of para-hydroxylation sites is 2. The fourth-order valence-corrected chi connectivity index (χ4v) is 1.77. The largest absolute Gasteiger partial charge is 0.492 e. The Labute approximate surface area is 115 Å². The van der Waals surface area contributed by atoms with Crippen LogP contribution in [0.3, 0.4) is 0 Å². The van der Waals surface area contributed by atoms with Crippen molar-refractivity contribution in [2.24, 2.45) is 0 Å². The van der Waals surface area contributed by atoms with Gasteiger partial charge in [0.25, 0.3) is 0 Å². The van der Waals surface area contributed by atoms with E-state index in [4.69, 9.17) is 27.9 Å². The minimum atomic E-state index is 0.114. The second-order valence-electron chi connectivity index (χ2n) is 3.40. The van der Waals surface area contributed by atoms with Crippen molar-refractivity contribution in [2.75, 3.05) is 11.9 Å². The molecule has 0 amide bonds. The van der Waals surface area contributed by atoms with E-state index in [9.17, 15) is 0 Å². The van der Waals surface area contributed by atoms with Gasteiger partial charge in [0.05, 0.1) is 24.2 Å². The molecule has 0 saturated carbocycles. The molecule has 4 nitrogen and oxygen atoms in total. The lowest BCUT2D eigenvalue weighted by Gasteiger charge is -2.12. The Morgan fingerprint density at radius 2 is 2.00 bits per heavy atom. The highest BCUT2D eigenvalue weighted by molar-refractivity contribution is 6.33. The molecule has 0 saturated heterocycles. The number of ether oxygens (including phenoxy) is 1. The van der Waals surface area contributed by atoms with Gasteiger partial charge in [0.1, 0.15) is 5.75 Å². The first-order valence-corrected chi connectivity index (χ1v) is 6.13. The molecule has 0 spiro atoms. The van der Waals surface area contributed by atoms with Crippen molar-refractivity contribution in [1.82, 2.24) is 9.97 Å². The predicted octanol–water partition coefficient (Wildman–Crippen LogP) is 3.93. The number of benzene rings is 1. The fraction of sp³-hybridized carbons (Fsp3) is 0.167. The molecule has 0 aliphatic carbocycles. The molecule has 0 radical (unpaired) electrons. The molecular weight excluding hydrogens is 273 g/mol. The minimum Gasteiger partial charge on any atom is -0.492 e. The molecule has 0 unspecified atom stereocenters. The summed E-state index contributed by atoms with van der Waals surface area (Å²) < 4.78 is 5.50. The first-order valence-electron chi connectivity index (χ1n) is 5.37. The average molecular weight is 284 g/mol. The van der Waals surface area contributed by atoms with Crippen molar-refractivity contribution in [3.05, 3.63) is 40.9 Å². The molecule has 1 heterocycles. The van der Waals surface area contributed by atoms with Crippen LogP contribution in [0.15, 0.2) is 30.5 Å². The van der Waals surface area contributed by atoms with Crippen molar-refractivity contribution in [3.8, 4) is 5.75 Å². The summed E-state index contributed by atoms with van der Waals surface area (Å²) in [6, 6.07) is 7.55. The van der Waals surface area contributed by atoms with Crippen LogP contribution in [-0.2, 0) is 0 Å². The zero-order valence-corrected chi connectivity index (χ0v) is 11.2. The van der Waals surface area contributed by atoms with E-state index in [0.717, 1.165) is 11.4 Å². The number of hydrogen-bond acceptors (Lipinski definition) is 4. The monoisotopic (exact) mass is 283 g/mol. The Morgan fingerprint density at radius 3 is 2.72 bits per heavy atom. The van der Waals surface area contributed by atoms with Gasteiger partial charge in [-0.25, -0.2) is 9.97 Å². The Bertz CT molecular complexity index is 549. The maximum absolute atomic E-state index is 5.97. The van der Waals surface area contributed by atoms with Crippen LogP contribution < -0.4 is 10.1 Å². The smallest absolute Gasteiger partial charge is 0.223 e. The molecule has 94 valence electrons. The fourth-order valence-electron chi connectivity index (χ4n) is 1.42. The third-order valence-corrected chi connectivity index (χ3v) is 2.64. The van der Waals surface area contributed by atoms with Gasteiger partial charge in [0.15, 0.2) is 5.15 Å². The normalized spacial score (nSPS) is 10.2. The third-order valence-electron chi connectivity index (χ3n) is 2.17. The van der Waals surface area contributed by atoms with Gasteiger partial charge in [0, 0.05) is 0 Å². The summed E-state index contributed by atoms with van der Waals surface area (Å²) in [6.45, 7) is 2.51. The SMILES string of the molecule is CCOc1ccccc1Nc1cnc(Cl)nc1Cl. The number of anilines is 2. The van der Waals surface area contributed by atoms with E-state index in [1.54, 1.807) is 0 Å². The number of halogens is 2. The van der Waals surface area contributed by atoms with E-state index in [2.05, 4.69) is 15.3 Å². The summed E-state index contributed by atoms with van der Waals surface area (Å²) in [7, 11) is 0. The topological polar surface area (TPSA) is 47.0 Å². The molecule has 1 N–H and O–H groups in total. The molecule has 0 atom stereocenters. The summed E-state index contributed by atoms with van der Waals surface area (Å²) >= 11 is 11.6. The van der Waals surface area contributed by atoms with Crippen molar-refractivity contribution in [3.63, 3.8) is 0 Å². The molecule has 1 aromatic carbocycles. The average Bonchev–Trinajstić information content (AvgIpc) is 2.35. The minimum absolute atomic E-state index is 0.114. The van der Waals surface area contributed by atoms with Gasteiger partial charge >= 0.3 is 0 Å². The van der Waals surface area contributed by atoms with Gasteiger partial charge in [-0.05, 0) is 30.7 Å². The van der Waals surface area contributed by atoms with Crippen LogP contribution in [0.2, 0.25) is 10.4 Å². The van der Waals surface area contributed by atoms with Crippen LogP contribution in [0, 0.1) is 0 Å². The van der Waals surface area contributed by atoms with E-state index in [1.807, 2.05) is 31.2 Å². The van der Waals surface area contributed by atoms with Gasteiger partial charge in [-0.15, -0.1) is 0 Å². The molecular formula is C12H11Cl2N3O. The Kier molecular flexibility index (Phi) is 4.23. The highest BCUT2D eigenvalue weighted by atomic mass is 35.5. The van der Waals surface area contributed by atoms with Crippen LogP contribution in [0.1, 0.15) is 6.92 Å². The van der Waals surface area contributed by atoms with Gasteiger partial charge < -0.3 is 10.1 Å². The van der Waals surface area contributed by atoms with Gasteiger partial charge in [-0.1, -0.05) is 23.7 Å². The molecule has 0 aliphatic heterocycles. The summed E-state index contributed by atoms with van der Waals surface area (Å²) in [5.74, 6) is 0.742. The molecule has 1 aromatic heterocycles. The quantitative estimate of drug-likeness (QED) is 0.682. The molecule has 6 heteroatoms. The maximum Gasteiger partial charge on any atom is 0.223 e. The van der Waals surface area contributed by atoms with E-state index < -0.39 is 0 Å². The molecule has 18 heavy (non-hydrogen) atoms. The highest BCUT2D eigenvalue weighted by Crippen LogP contribution is 2.30. The standard InChI is InChI=1S/C12H11Cl2N3O/c1-2-18-10-6-4-3-5-8(10)16-9-7-15-12(14)17-11(9)13/h3-7,16H,2H2,1H3. The summed E-state index contributed by atoms with van der Waals surface area (Å²) in [5.41, 5.74) is 1.38. The second kappa shape index (κ2) is 5.89. The first-order chi connectivity index (χ1) is 8.70. The Morgan fingerprint density at radius 1 is 1.22 bits per heavy atom. The predicted molar refractivity (Wildman–Crippen MR) is 72.9 cm³/mol. The van der Waals surface area contributed by atoms with Crippen molar-refractivity contribution in [1.29, 1.82) is 0 Å². The van der Waals surface area contributed by atoms with E-state index >= 15 is 0 Å². The summed E-state index contributed by atoms with van der Waals surface area (Å²) in [5, 5.41) is 3.49. The lowest BCUT2D eigenvalue weighted by atomic mass is 10.3. The molecule has 0 aliphatic rings.